The van der Waals surface area contributed by atoms with Crippen molar-refractivity contribution in [3.8, 4) is 0 Å². The molecule has 0 aromatic rings. The minimum atomic E-state index is -2.79. The highest BCUT2D eigenvalue weighted by atomic mass is 32.2. The van der Waals surface area contributed by atoms with Crippen LogP contribution >= 0.6 is 0 Å². The molecular weight excluding hydrogens is 248 g/mol. The number of piperidine rings is 1. The lowest BCUT2D eigenvalue weighted by Crippen LogP contribution is -2.45. The van der Waals surface area contributed by atoms with E-state index in [9.17, 15) is 8.42 Å². The molecule has 2 saturated heterocycles. The maximum absolute atomic E-state index is 11.4. The van der Waals surface area contributed by atoms with Gasteiger partial charge in [-0.05, 0) is 38.8 Å². The average Bonchev–Trinajstić information content (AvgIpc) is 2.78. The van der Waals surface area contributed by atoms with E-state index in [4.69, 9.17) is 0 Å². The Kier molecular flexibility index (Phi) is 5.04. The number of fused-ring (bicyclic) bond motifs is 1. The van der Waals surface area contributed by atoms with Crippen LogP contribution in [0.2, 0.25) is 0 Å². The molecule has 2 aliphatic heterocycles. The number of sulfone groups is 1. The summed E-state index contributed by atoms with van der Waals surface area (Å²) in [6, 6.07) is 1.30. The summed E-state index contributed by atoms with van der Waals surface area (Å²) in [6.45, 7) is 5.04. The van der Waals surface area contributed by atoms with Gasteiger partial charge in [-0.25, -0.2) is 8.42 Å². The molecule has 0 aliphatic carbocycles. The van der Waals surface area contributed by atoms with Crippen LogP contribution in [0.15, 0.2) is 0 Å². The zero-order valence-corrected chi connectivity index (χ0v) is 12.2. The van der Waals surface area contributed by atoms with Crippen LogP contribution in [0.3, 0.4) is 0 Å². The van der Waals surface area contributed by atoms with Crippen molar-refractivity contribution in [1.29, 1.82) is 0 Å². The molecule has 0 aromatic heterocycles. The van der Waals surface area contributed by atoms with E-state index in [1.54, 1.807) is 6.92 Å². The Morgan fingerprint density at radius 1 is 1.22 bits per heavy atom. The van der Waals surface area contributed by atoms with Gasteiger partial charge in [0.1, 0.15) is 9.84 Å². The fraction of sp³-hybridized carbons (Fsp3) is 1.00. The van der Waals surface area contributed by atoms with Gasteiger partial charge in [0.25, 0.3) is 0 Å². The number of nitrogens with one attached hydrogen (secondary N) is 1. The molecule has 5 heteroatoms. The van der Waals surface area contributed by atoms with Gasteiger partial charge in [0.2, 0.25) is 0 Å². The summed E-state index contributed by atoms with van der Waals surface area (Å²) in [5.41, 5.74) is 0. The minimum absolute atomic E-state index is 0.271. The third-order valence-corrected chi connectivity index (χ3v) is 6.12. The van der Waals surface area contributed by atoms with Gasteiger partial charge in [0, 0.05) is 24.4 Å². The second-order valence-electron chi connectivity index (χ2n) is 5.54. The molecule has 0 amide bonds. The fourth-order valence-corrected chi connectivity index (χ4v) is 4.08. The van der Waals surface area contributed by atoms with Crippen molar-refractivity contribution in [3.05, 3.63) is 0 Å². The monoisotopic (exact) mass is 274 g/mol. The summed E-state index contributed by atoms with van der Waals surface area (Å²) in [5, 5.41) is 3.57. The zero-order valence-electron chi connectivity index (χ0n) is 11.4. The molecule has 0 saturated carbocycles. The number of rotatable bonds is 6. The molecule has 2 heterocycles. The van der Waals surface area contributed by atoms with Crippen molar-refractivity contribution in [3.63, 3.8) is 0 Å². The minimum Gasteiger partial charge on any atom is -0.312 e. The van der Waals surface area contributed by atoms with Crippen molar-refractivity contribution < 1.29 is 8.42 Å². The summed E-state index contributed by atoms with van der Waals surface area (Å²) in [6.07, 6.45) is 5.98. The molecule has 0 radical (unpaired) electrons. The van der Waals surface area contributed by atoms with Crippen LogP contribution in [0.1, 0.15) is 39.0 Å². The molecule has 2 aliphatic rings. The van der Waals surface area contributed by atoms with E-state index in [-0.39, 0.29) is 5.75 Å². The predicted molar refractivity (Wildman–Crippen MR) is 74.6 cm³/mol. The Morgan fingerprint density at radius 3 is 2.83 bits per heavy atom. The van der Waals surface area contributed by atoms with Gasteiger partial charge in [-0.1, -0.05) is 13.3 Å². The first kappa shape index (κ1) is 14.3. The highest BCUT2D eigenvalue weighted by Crippen LogP contribution is 2.26. The predicted octanol–water partition coefficient (Wildman–Crippen LogP) is 1.03. The Bertz CT molecular complexity index is 356. The molecule has 0 spiro atoms. The SMILES string of the molecule is CCS(=O)(=O)CCCNC1CCN2CCCCC12. The van der Waals surface area contributed by atoms with Gasteiger partial charge < -0.3 is 5.32 Å². The van der Waals surface area contributed by atoms with Gasteiger partial charge in [-0.15, -0.1) is 0 Å². The molecular formula is C13H26N2O2S. The van der Waals surface area contributed by atoms with Crippen LogP contribution in [0.5, 0.6) is 0 Å². The van der Waals surface area contributed by atoms with Crippen LogP contribution < -0.4 is 5.32 Å². The first-order valence-corrected chi connectivity index (χ1v) is 9.12. The maximum Gasteiger partial charge on any atom is 0.150 e. The van der Waals surface area contributed by atoms with Gasteiger partial charge in [0.05, 0.1) is 5.75 Å². The van der Waals surface area contributed by atoms with E-state index in [2.05, 4.69) is 10.2 Å². The molecule has 106 valence electrons. The van der Waals surface area contributed by atoms with E-state index in [1.807, 2.05) is 0 Å². The quantitative estimate of drug-likeness (QED) is 0.735. The zero-order chi connectivity index (χ0) is 13.0. The first-order valence-electron chi connectivity index (χ1n) is 7.30. The van der Waals surface area contributed by atoms with Crippen molar-refractivity contribution in [1.82, 2.24) is 10.2 Å². The van der Waals surface area contributed by atoms with Gasteiger partial charge >= 0.3 is 0 Å². The lowest BCUT2D eigenvalue weighted by Gasteiger charge is -2.32. The third-order valence-electron chi connectivity index (χ3n) is 4.33. The second kappa shape index (κ2) is 6.35. The normalized spacial score (nSPS) is 29.4. The largest absolute Gasteiger partial charge is 0.312 e. The molecule has 1 N–H and O–H groups in total. The Morgan fingerprint density at radius 2 is 2.06 bits per heavy atom. The molecule has 4 nitrogen and oxygen atoms in total. The Balaban J connectivity index is 1.68. The van der Waals surface area contributed by atoms with E-state index in [0.717, 1.165) is 13.0 Å². The Hall–Kier alpha value is -0.130. The van der Waals surface area contributed by atoms with E-state index >= 15 is 0 Å². The van der Waals surface area contributed by atoms with Crippen LogP contribution in [0.4, 0.5) is 0 Å². The van der Waals surface area contributed by atoms with Gasteiger partial charge in [-0.3, -0.25) is 4.90 Å². The highest BCUT2D eigenvalue weighted by molar-refractivity contribution is 7.91. The van der Waals surface area contributed by atoms with E-state index in [0.29, 0.717) is 17.8 Å². The molecule has 2 unspecified atom stereocenters. The molecule has 2 fully saturated rings. The van der Waals surface area contributed by atoms with Crippen LogP contribution in [0, 0.1) is 0 Å². The topological polar surface area (TPSA) is 49.4 Å². The summed E-state index contributed by atoms with van der Waals surface area (Å²) in [4.78, 5) is 2.60. The smallest absolute Gasteiger partial charge is 0.150 e. The first-order chi connectivity index (χ1) is 8.62. The summed E-state index contributed by atoms with van der Waals surface area (Å²) in [5.74, 6) is 0.602. The van der Waals surface area contributed by atoms with Crippen molar-refractivity contribution >= 4 is 9.84 Å². The molecule has 2 rings (SSSR count). The Labute approximate surface area is 111 Å². The highest BCUT2D eigenvalue weighted by Gasteiger charge is 2.34. The lowest BCUT2D eigenvalue weighted by atomic mass is 9.99. The molecule has 2 atom stereocenters. The van der Waals surface area contributed by atoms with Crippen molar-refractivity contribution in [2.75, 3.05) is 31.1 Å². The summed E-state index contributed by atoms with van der Waals surface area (Å²) < 4.78 is 22.8. The van der Waals surface area contributed by atoms with Gasteiger partial charge in [0.15, 0.2) is 0 Å². The van der Waals surface area contributed by atoms with E-state index < -0.39 is 9.84 Å². The van der Waals surface area contributed by atoms with Crippen LogP contribution in [-0.4, -0.2) is 56.5 Å². The van der Waals surface area contributed by atoms with Crippen LogP contribution in [0.25, 0.3) is 0 Å². The summed E-state index contributed by atoms with van der Waals surface area (Å²) in [7, 11) is -2.79. The maximum atomic E-state index is 11.4. The average molecular weight is 274 g/mol. The number of nitrogens with zero attached hydrogens (tertiary/aromatic N) is 1. The molecule has 18 heavy (non-hydrogen) atoms. The van der Waals surface area contributed by atoms with Crippen LogP contribution in [-0.2, 0) is 9.84 Å². The molecule has 0 aromatic carbocycles. The van der Waals surface area contributed by atoms with Gasteiger partial charge in [-0.2, -0.15) is 0 Å². The molecule has 0 bridgehead atoms. The second-order valence-corrected chi connectivity index (χ2v) is 8.01. The third kappa shape index (κ3) is 3.68. The number of hydrogen-bond donors (Lipinski definition) is 1. The standard InChI is InChI=1S/C13H26N2O2S/c1-2-18(16,17)11-5-8-14-12-7-10-15-9-4-3-6-13(12)15/h12-14H,2-11H2,1H3. The lowest BCUT2D eigenvalue weighted by molar-refractivity contribution is 0.181. The van der Waals surface area contributed by atoms with Crippen molar-refractivity contribution in [2.45, 2.75) is 51.1 Å². The number of hydrogen-bond acceptors (Lipinski definition) is 4. The van der Waals surface area contributed by atoms with E-state index in [1.165, 1.54) is 38.8 Å². The summed E-state index contributed by atoms with van der Waals surface area (Å²) >= 11 is 0. The van der Waals surface area contributed by atoms with Crippen molar-refractivity contribution in [2.24, 2.45) is 0 Å². The fourth-order valence-electron chi connectivity index (χ4n) is 3.21.